The normalized spacial score (nSPS) is 10.3. The lowest BCUT2D eigenvalue weighted by molar-refractivity contribution is -0.135. The van der Waals surface area contributed by atoms with Crippen LogP contribution in [0.1, 0.15) is 29.3 Å². The van der Waals surface area contributed by atoms with Crippen molar-refractivity contribution in [3.05, 3.63) is 55.4 Å². The van der Waals surface area contributed by atoms with Gasteiger partial charge < -0.3 is 20.5 Å². The number of carbonyl (C=O) groups is 3. The zero-order valence-corrected chi connectivity index (χ0v) is 19.2. The number of hydrogen-bond acceptors (Lipinski definition) is 4. The van der Waals surface area contributed by atoms with Crippen LogP contribution < -0.4 is 15.4 Å². The van der Waals surface area contributed by atoms with Gasteiger partial charge in [-0.3, -0.25) is 14.4 Å². The third kappa shape index (κ3) is 7.02. The topological polar surface area (TPSA) is 105 Å². The number of carboxylic acid groups (broad SMARTS) is 1. The first-order valence-corrected chi connectivity index (χ1v) is 10.4. The SMILES string of the molecule is CCC(=O)Nc1cc(Cl)cc(COc2c(Br)cc(C(=O)NCC(=O)O)cc2Br)c1. The van der Waals surface area contributed by atoms with Crippen molar-refractivity contribution in [3.8, 4) is 5.75 Å². The molecule has 154 valence electrons. The van der Waals surface area contributed by atoms with Crippen LogP contribution >= 0.6 is 43.5 Å². The van der Waals surface area contributed by atoms with Gasteiger partial charge in [-0.15, -0.1) is 0 Å². The van der Waals surface area contributed by atoms with E-state index in [2.05, 4.69) is 42.5 Å². The Morgan fingerprint density at radius 2 is 1.76 bits per heavy atom. The van der Waals surface area contributed by atoms with Crippen molar-refractivity contribution >= 4 is 66.9 Å². The number of ether oxygens (including phenoxy) is 1. The number of hydrogen-bond donors (Lipinski definition) is 3. The fourth-order valence-corrected chi connectivity index (χ4v) is 3.97. The van der Waals surface area contributed by atoms with E-state index in [1.807, 2.05) is 0 Å². The average Bonchev–Trinajstić information content (AvgIpc) is 2.64. The molecular formula is C19H17Br2ClN2O5. The van der Waals surface area contributed by atoms with E-state index in [-0.39, 0.29) is 18.1 Å². The third-order valence-corrected chi connectivity index (χ3v) is 5.00. The fraction of sp³-hybridized carbons (Fsp3) is 0.211. The molecule has 0 unspecified atom stereocenters. The van der Waals surface area contributed by atoms with Crippen molar-refractivity contribution in [2.75, 3.05) is 11.9 Å². The van der Waals surface area contributed by atoms with Crippen LogP contribution in [0.2, 0.25) is 5.02 Å². The highest BCUT2D eigenvalue weighted by Gasteiger charge is 2.15. The molecule has 29 heavy (non-hydrogen) atoms. The molecule has 3 N–H and O–H groups in total. The van der Waals surface area contributed by atoms with Gasteiger partial charge >= 0.3 is 5.97 Å². The van der Waals surface area contributed by atoms with Gasteiger partial charge in [0.25, 0.3) is 5.91 Å². The van der Waals surface area contributed by atoms with Crippen LogP contribution in [0.15, 0.2) is 39.3 Å². The second kappa shape index (κ2) is 10.6. The minimum absolute atomic E-state index is 0.124. The van der Waals surface area contributed by atoms with E-state index >= 15 is 0 Å². The van der Waals surface area contributed by atoms with Crippen molar-refractivity contribution in [2.45, 2.75) is 20.0 Å². The molecule has 0 fully saturated rings. The monoisotopic (exact) mass is 546 g/mol. The van der Waals surface area contributed by atoms with Crippen LogP contribution in [0.25, 0.3) is 0 Å². The summed E-state index contributed by atoms with van der Waals surface area (Å²) in [6.07, 6.45) is 0.352. The number of aliphatic carboxylic acids is 1. The summed E-state index contributed by atoms with van der Waals surface area (Å²) in [7, 11) is 0. The third-order valence-electron chi connectivity index (χ3n) is 3.61. The molecule has 7 nitrogen and oxygen atoms in total. The summed E-state index contributed by atoms with van der Waals surface area (Å²) in [6.45, 7) is 1.44. The maximum Gasteiger partial charge on any atom is 0.322 e. The standard InChI is InChI=1S/C19H17Br2ClN2O5/c1-2-16(25)24-13-4-10(3-12(22)7-13)9-29-18-14(20)5-11(6-15(18)21)19(28)23-8-17(26)27/h3-7H,2,8-9H2,1H3,(H,23,28)(H,24,25)(H,26,27). The largest absolute Gasteiger partial charge is 0.487 e. The van der Waals surface area contributed by atoms with Crippen molar-refractivity contribution in [2.24, 2.45) is 0 Å². The van der Waals surface area contributed by atoms with Crippen LogP contribution in [0.5, 0.6) is 5.75 Å². The first-order chi connectivity index (χ1) is 13.7. The van der Waals surface area contributed by atoms with Crippen molar-refractivity contribution in [1.29, 1.82) is 0 Å². The maximum atomic E-state index is 12.0. The molecule has 0 spiro atoms. The number of rotatable bonds is 8. The Labute approximate surface area is 189 Å². The average molecular weight is 549 g/mol. The molecule has 0 aromatic heterocycles. The number of amides is 2. The predicted molar refractivity (Wildman–Crippen MR) is 117 cm³/mol. The highest BCUT2D eigenvalue weighted by molar-refractivity contribution is 9.11. The van der Waals surface area contributed by atoms with Gasteiger partial charge in [0.1, 0.15) is 18.9 Å². The Balaban J connectivity index is 2.14. The number of anilines is 1. The lowest BCUT2D eigenvalue weighted by Crippen LogP contribution is -2.29. The molecule has 2 aromatic carbocycles. The first-order valence-electron chi connectivity index (χ1n) is 8.40. The first kappa shape index (κ1) is 23.2. The van der Waals surface area contributed by atoms with E-state index in [0.717, 1.165) is 5.56 Å². The molecule has 0 aliphatic carbocycles. The Bertz CT molecular complexity index is 929. The van der Waals surface area contributed by atoms with Crippen LogP contribution in [0.3, 0.4) is 0 Å². The van der Waals surface area contributed by atoms with E-state index < -0.39 is 18.4 Å². The molecule has 0 saturated carbocycles. The van der Waals surface area contributed by atoms with Gasteiger partial charge in [-0.25, -0.2) is 0 Å². The number of nitrogens with one attached hydrogen (secondary N) is 2. The van der Waals surface area contributed by atoms with Crippen molar-refractivity contribution < 1.29 is 24.2 Å². The quantitative estimate of drug-likeness (QED) is 0.447. The van der Waals surface area contributed by atoms with Gasteiger partial charge in [0, 0.05) is 22.7 Å². The number of benzene rings is 2. The van der Waals surface area contributed by atoms with Gasteiger partial charge in [-0.1, -0.05) is 18.5 Å². The summed E-state index contributed by atoms with van der Waals surface area (Å²) in [6, 6.07) is 8.19. The molecule has 0 atom stereocenters. The Hall–Kier alpha value is -2.10. The van der Waals surface area contributed by atoms with E-state index in [4.69, 9.17) is 21.4 Å². The minimum atomic E-state index is -1.13. The molecule has 2 rings (SSSR count). The van der Waals surface area contributed by atoms with Crippen molar-refractivity contribution in [3.63, 3.8) is 0 Å². The van der Waals surface area contributed by atoms with E-state index in [0.29, 0.717) is 31.8 Å². The molecule has 0 aliphatic heterocycles. The van der Waals surface area contributed by atoms with Gasteiger partial charge in [0.05, 0.1) is 8.95 Å². The van der Waals surface area contributed by atoms with Gasteiger partial charge in [0.2, 0.25) is 5.91 Å². The molecule has 2 amide bonds. The van der Waals surface area contributed by atoms with E-state index in [9.17, 15) is 14.4 Å². The Morgan fingerprint density at radius 3 is 2.34 bits per heavy atom. The Kier molecular flexibility index (Phi) is 8.48. The van der Waals surface area contributed by atoms with E-state index in [1.165, 1.54) is 12.1 Å². The van der Waals surface area contributed by atoms with E-state index in [1.54, 1.807) is 25.1 Å². The summed E-state index contributed by atoms with van der Waals surface area (Å²) in [5.41, 5.74) is 1.59. The molecule has 0 saturated heterocycles. The summed E-state index contributed by atoms with van der Waals surface area (Å²) in [4.78, 5) is 34.2. The molecule has 0 heterocycles. The Morgan fingerprint density at radius 1 is 1.10 bits per heavy atom. The van der Waals surface area contributed by atoms with Crippen LogP contribution in [0, 0.1) is 0 Å². The van der Waals surface area contributed by atoms with Gasteiger partial charge in [-0.05, 0) is 67.8 Å². The number of carbonyl (C=O) groups excluding carboxylic acids is 2. The molecule has 10 heteroatoms. The second-order valence-electron chi connectivity index (χ2n) is 5.88. The lowest BCUT2D eigenvalue weighted by atomic mass is 10.2. The van der Waals surface area contributed by atoms with Crippen LogP contribution in [0.4, 0.5) is 5.69 Å². The zero-order valence-electron chi connectivity index (χ0n) is 15.2. The zero-order chi connectivity index (χ0) is 21.6. The highest BCUT2D eigenvalue weighted by Crippen LogP contribution is 2.35. The summed E-state index contributed by atoms with van der Waals surface area (Å²) < 4.78 is 6.85. The molecule has 0 aliphatic rings. The predicted octanol–water partition coefficient (Wildman–Crippen LogP) is 4.61. The van der Waals surface area contributed by atoms with Gasteiger partial charge in [-0.2, -0.15) is 0 Å². The summed E-state index contributed by atoms with van der Waals surface area (Å²) >= 11 is 12.8. The van der Waals surface area contributed by atoms with Crippen molar-refractivity contribution in [1.82, 2.24) is 5.32 Å². The van der Waals surface area contributed by atoms with Gasteiger partial charge in [0.15, 0.2) is 0 Å². The minimum Gasteiger partial charge on any atom is -0.487 e. The van der Waals surface area contributed by atoms with Crippen LogP contribution in [-0.4, -0.2) is 29.4 Å². The molecule has 2 aromatic rings. The lowest BCUT2D eigenvalue weighted by Gasteiger charge is -2.13. The number of carboxylic acids is 1. The molecular weight excluding hydrogens is 531 g/mol. The van der Waals surface area contributed by atoms with Crippen LogP contribution in [-0.2, 0) is 16.2 Å². The summed E-state index contributed by atoms with van der Waals surface area (Å²) in [5, 5.41) is 14.2. The smallest absolute Gasteiger partial charge is 0.322 e. The maximum absolute atomic E-state index is 12.0. The fourth-order valence-electron chi connectivity index (χ4n) is 2.30. The molecule has 0 radical (unpaired) electrons. The highest BCUT2D eigenvalue weighted by atomic mass is 79.9. The number of halogens is 3. The summed E-state index contributed by atoms with van der Waals surface area (Å²) in [5.74, 6) is -1.32. The molecule has 0 bridgehead atoms. The second-order valence-corrected chi connectivity index (χ2v) is 8.03.